The highest BCUT2D eigenvalue weighted by molar-refractivity contribution is 7.99. The number of rotatable bonds is 2. The van der Waals surface area contributed by atoms with Gasteiger partial charge in [0.05, 0.1) is 6.61 Å². The van der Waals surface area contributed by atoms with Gasteiger partial charge >= 0.3 is 0 Å². The Morgan fingerprint density at radius 3 is 2.73 bits per heavy atom. The van der Waals surface area contributed by atoms with Crippen LogP contribution in [0.15, 0.2) is 18.2 Å². The Morgan fingerprint density at radius 1 is 1.33 bits per heavy atom. The molecule has 0 atom stereocenters. The molecule has 1 aromatic carbocycles. The lowest BCUT2D eigenvalue weighted by Crippen LogP contribution is -2.33. The molecule has 1 aromatic rings. The zero-order valence-corrected chi connectivity index (χ0v) is 9.89. The van der Waals surface area contributed by atoms with Gasteiger partial charge in [-0.15, -0.1) is 0 Å². The van der Waals surface area contributed by atoms with Crippen molar-refractivity contribution in [3.05, 3.63) is 29.3 Å². The van der Waals surface area contributed by atoms with Crippen molar-refractivity contribution in [2.45, 2.75) is 13.5 Å². The Bertz CT molecular complexity index is 334. The number of aliphatic hydroxyl groups excluding tert-OH is 1. The molecule has 0 aliphatic carbocycles. The van der Waals surface area contributed by atoms with E-state index < -0.39 is 0 Å². The summed E-state index contributed by atoms with van der Waals surface area (Å²) < 4.78 is 0. The molecule has 0 radical (unpaired) electrons. The highest BCUT2D eigenvalue weighted by atomic mass is 32.2. The molecule has 2 rings (SSSR count). The maximum atomic E-state index is 9.34. The Kier molecular flexibility index (Phi) is 3.54. The van der Waals surface area contributed by atoms with Gasteiger partial charge in [-0.3, -0.25) is 0 Å². The average molecular weight is 223 g/mol. The van der Waals surface area contributed by atoms with Crippen LogP contribution in [0.25, 0.3) is 0 Å². The van der Waals surface area contributed by atoms with Crippen LogP contribution in [0.1, 0.15) is 11.1 Å². The van der Waals surface area contributed by atoms with E-state index in [0.717, 1.165) is 18.7 Å². The number of nitrogens with zero attached hydrogens (tertiary/aromatic N) is 1. The average Bonchev–Trinajstić information content (AvgIpc) is 2.30. The molecule has 15 heavy (non-hydrogen) atoms. The summed E-state index contributed by atoms with van der Waals surface area (Å²) in [4.78, 5) is 2.38. The van der Waals surface area contributed by atoms with Gasteiger partial charge in [0.15, 0.2) is 0 Å². The van der Waals surface area contributed by atoms with Gasteiger partial charge in [-0.1, -0.05) is 17.7 Å². The third-order valence-electron chi connectivity index (χ3n) is 2.76. The number of anilines is 1. The van der Waals surface area contributed by atoms with Crippen molar-refractivity contribution >= 4 is 17.4 Å². The fraction of sp³-hybridized carbons (Fsp3) is 0.500. The highest BCUT2D eigenvalue weighted by Gasteiger charge is 2.13. The van der Waals surface area contributed by atoms with E-state index in [9.17, 15) is 5.11 Å². The van der Waals surface area contributed by atoms with E-state index in [4.69, 9.17) is 0 Å². The monoisotopic (exact) mass is 223 g/mol. The predicted octanol–water partition coefficient (Wildman–Crippen LogP) is 2.04. The van der Waals surface area contributed by atoms with Crippen LogP contribution < -0.4 is 4.90 Å². The van der Waals surface area contributed by atoms with Crippen molar-refractivity contribution in [2.75, 3.05) is 29.5 Å². The fourth-order valence-electron chi connectivity index (χ4n) is 1.95. The topological polar surface area (TPSA) is 23.5 Å². The largest absolute Gasteiger partial charge is 0.392 e. The fourth-order valence-corrected chi connectivity index (χ4v) is 2.86. The van der Waals surface area contributed by atoms with Crippen LogP contribution in [0.2, 0.25) is 0 Å². The van der Waals surface area contributed by atoms with Crippen molar-refractivity contribution in [1.82, 2.24) is 0 Å². The summed E-state index contributed by atoms with van der Waals surface area (Å²) in [6.45, 7) is 4.40. The maximum absolute atomic E-state index is 9.34. The summed E-state index contributed by atoms with van der Waals surface area (Å²) in [7, 11) is 0. The van der Waals surface area contributed by atoms with Crippen molar-refractivity contribution in [1.29, 1.82) is 0 Å². The maximum Gasteiger partial charge on any atom is 0.0702 e. The Balaban J connectivity index is 2.25. The van der Waals surface area contributed by atoms with Gasteiger partial charge in [-0.25, -0.2) is 0 Å². The molecule has 1 aliphatic heterocycles. The van der Waals surface area contributed by atoms with Crippen LogP contribution in [0.3, 0.4) is 0 Å². The van der Waals surface area contributed by atoms with Crippen LogP contribution in [-0.4, -0.2) is 29.7 Å². The van der Waals surface area contributed by atoms with E-state index >= 15 is 0 Å². The summed E-state index contributed by atoms with van der Waals surface area (Å²) in [6, 6.07) is 6.34. The second-order valence-electron chi connectivity index (χ2n) is 3.89. The predicted molar refractivity (Wildman–Crippen MR) is 66.6 cm³/mol. The van der Waals surface area contributed by atoms with Gasteiger partial charge < -0.3 is 10.0 Å². The number of hydrogen-bond donors (Lipinski definition) is 1. The highest BCUT2D eigenvalue weighted by Crippen LogP contribution is 2.24. The molecule has 0 unspecified atom stereocenters. The molecule has 1 fully saturated rings. The quantitative estimate of drug-likeness (QED) is 0.830. The van der Waals surface area contributed by atoms with E-state index in [1.165, 1.54) is 22.8 Å². The molecule has 0 saturated carbocycles. The Labute approximate surface area is 95.3 Å². The Morgan fingerprint density at radius 2 is 2.07 bits per heavy atom. The SMILES string of the molecule is Cc1ccc(N2CCSCC2)c(CO)c1. The first-order valence-electron chi connectivity index (χ1n) is 5.34. The smallest absolute Gasteiger partial charge is 0.0702 e. The molecular weight excluding hydrogens is 206 g/mol. The molecule has 1 N–H and O–H groups in total. The first kappa shape index (κ1) is 10.8. The molecule has 2 nitrogen and oxygen atoms in total. The van der Waals surface area contributed by atoms with Crippen molar-refractivity contribution in [3.63, 3.8) is 0 Å². The summed E-state index contributed by atoms with van der Waals surface area (Å²) >= 11 is 2.01. The lowest BCUT2D eigenvalue weighted by atomic mass is 10.1. The molecule has 1 aliphatic rings. The summed E-state index contributed by atoms with van der Waals surface area (Å²) in [5, 5.41) is 9.34. The van der Waals surface area contributed by atoms with Crippen LogP contribution in [-0.2, 0) is 6.61 Å². The second-order valence-corrected chi connectivity index (χ2v) is 5.11. The van der Waals surface area contributed by atoms with Crippen LogP contribution >= 0.6 is 11.8 Å². The van der Waals surface area contributed by atoms with Crippen molar-refractivity contribution in [3.8, 4) is 0 Å². The number of thioether (sulfide) groups is 1. The second kappa shape index (κ2) is 4.90. The van der Waals surface area contributed by atoms with Gasteiger partial charge in [0.1, 0.15) is 0 Å². The minimum Gasteiger partial charge on any atom is -0.392 e. The molecule has 1 saturated heterocycles. The van der Waals surface area contributed by atoms with E-state index in [2.05, 4.69) is 30.0 Å². The molecule has 0 aromatic heterocycles. The molecular formula is C12H17NOS. The van der Waals surface area contributed by atoms with E-state index in [1.807, 2.05) is 11.8 Å². The lowest BCUT2D eigenvalue weighted by Gasteiger charge is -2.30. The first-order valence-corrected chi connectivity index (χ1v) is 6.50. The third kappa shape index (κ3) is 2.47. The van der Waals surface area contributed by atoms with Gasteiger partial charge in [0.2, 0.25) is 0 Å². The molecule has 1 heterocycles. The number of aryl methyl sites for hydroxylation is 1. The molecule has 3 heteroatoms. The zero-order chi connectivity index (χ0) is 10.7. The van der Waals surface area contributed by atoms with Crippen LogP contribution in [0.5, 0.6) is 0 Å². The summed E-state index contributed by atoms with van der Waals surface area (Å²) in [5.74, 6) is 2.39. The Hall–Kier alpha value is -0.670. The number of aliphatic hydroxyl groups is 1. The standard InChI is InChI=1S/C12H17NOS/c1-10-2-3-12(11(8-10)9-14)13-4-6-15-7-5-13/h2-3,8,14H,4-7,9H2,1H3. The minimum atomic E-state index is 0.140. The number of hydrogen-bond acceptors (Lipinski definition) is 3. The lowest BCUT2D eigenvalue weighted by molar-refractivity contribution is 0.282. The molecule has 82 valence electrons. The minimum absolute atomic E-state index is 0.140. The van der Waals surface area contributed by atoms with Crippen LogP contribution in [0.4, 0.5) is 5.69 Å². The van der Waals surface area contributed by atoms with Gasteiger partial charge in [-0.05, 0) is 13.0 Å². The molecule has 0 bridgehead atoms. The van der Waals surface area contributed by atoms with E-state index in [0.29, 0.717) is 0 Å². The molecule has 0 amide bonds. The van der Waals surface area contributed by atoms with Crippen molar-refractivity contribution < 1.29 is 5.11 Å². The van der Waals surface area contributed by atoms with Crippen LogP contribution in [0, 0.1) is 6.92 Å². The van der Waals surface area contributed by atoms with Gasteiger partial charge in [0, 0.05) is 35.8 Å². The molecule has 0 spiro atoms. The summed E-state index contributed by atoms with van der Waals surface area (Å²) in [6.07, 6.45) is 0. The zero-order valence-electron chi connectivity index (χ0n) is 9.07. The van der Waals surface area contributed by atoms with E-state index in [1.54, 1.807) is 0 Å². The summed E-state index contributed by atoms with van der Waals surface area (Å²) in [5.41, 5.74) is 3.49. The third-order valence-corrected chi connectivity index (χ3v) is 3.70. The van der Waals surface area contributed by atoms with Crippen molar-refractivity contribution in [2.24, 2.45) is 0 Å². The first-order chi connectivity index (χ1) is 7.31. The van der Waals surface area contributed by atoms with Gasteiger partial charge in [-0.2, -0.15) is 11.8 Å². The van der Waals surface area contributed by atoms with Gasteiger partial charge in [0.25, 0.3) is 0 Å². The number of benzene rings is 1. The van der Waals surface area contributed by atoms with E-state index in [-0.39, 0.29) is 6.61 Å². The normalized spacial score (nSPS) is 16.8.